The molecule has 0 spiro atoms. The number of rotatable bonds is 6. The Hall–Kier alpha value is -1.46. The molecule has 1 N–H and O–H groups in total. The highest BCUT2D eigenvalue weighted by Crippen LogP contribution is 2.22. The summed E-state index contributed by atoms with van der Waals surface area (Å²) in [5.41, 5.74) is 1.20. The van der Waals surface area contributed by atoms with E-state index in [0.717, 1.165) is 23.1 Å². The first-order chi connectivity index (χ1) is 9.24. The molecule has 0 unspecified atom stereocenters. The molecule has 4 nitrogen and oxygen atoms in total. The summed E-state index contributed by atoms with van der Waals surface area (Å²) in [6.07, 6.45) is 5.20. The molecule has 2 heterocycles. The molecule has 19 heavy (non-hydrogen) atoms. The predicted octanol–water partition coefficient (Wildman–Crippen LogP) is 2.77. The van der Waals surface area contributed by atoms with Crippen molar-refractivity contribution in [3.05, 3.63) is 42.5 Å². The standard InChI is InChI=1S/C14H18N4S/c1-11(2)7-16-8-12-3-4-13(17-9-12)19-14-5-6-15-10-18-14/h3-6,9-11,16H,7-8H2,1-2H3. The van der Waals surface area contributed by atoms with Crippen LogP contribution < -0.4 is 5.32 Å². The zero-order valence-electron chi connectivity index (χ0n) is 11.2. The van der Waals surface area contributed by atoms with Gasteiger partial charge in [-0.15, -0.1) is 0 Å². The molecular weight excluding hydrogens is 256 g/mol. The first-order valence-corrected chi connectivity index (χ1v) is 7.15. The molecular formula is C14H18N4S. The Morgan fingerprint density at radius 2 is 2.00 bits per heavy atom. The van der Waals surface area contributed by atoms with Crippen molar-refractivity contribution in [2.75, 3.05) is 6.54 Å². The average Bonchev–Trinajstić information content (AvgIpc) is 2.42. The summed E-state index contributed by atoms with van der Waals surface area (Å²) in [7, 11) is 0. The van der Waals surface area contributed by atoms with Gasteiger partial charge >= 0.3 is 0 Å². The van der Waals surface area contributed by atoms with Crippen LogP contribution in [0.4, 0.5) is 0 Å². The van der Waals surface area contributed by atoms with E-state index in [1.807, 2.05) is 18.3 Å². The molecule has 0 bridgehead atoms. The SMILES string of the molecule is CC(C)CNCc1ccc(Sc2ccncn2)nc1. The molecule has 0 aliphatic heterocycles. The first kappa shape index (κ1) is 14.0. The van der Waals surface area contributed by atoms with E-state index >= 15 is 0 Å². The van der Waals surface area contributed by atoms with E-state index in [1.165, 1.54) is 5.56 Å². The van der Waals surface area contributed by atoms with Gasteiger partial charge in [-0.25, -0.2) is 15.0 Å². The van der Waals surface area contributed by atoms with Crippen LogP contribution in [0.3, 0.4) is 0 Å². The Labute approximate surface area is 118 Å². The number of nitrogens with zero attached hydrogens (tertiary/aromatic N) is 3. The number of aromatic nitrogens is 3. The minimum Gasteiger partial charge on any atom is -0.312 e. The highest BCUT2D eigenvalue weighted by atomic mass is 32.2. The van der Waals surface area contributed by atoms with Crippen LogP contribution in [-0.2, 0) is 6.54 Å². The Kier molecular flexibility index (Phi) is 5.30. The maximum Gasteiger partial charge on any atom is 0.116 e. The van der Waals surface area contributed by atoms with E-state index < -0.39 is 0 Å². The van der Waals surface area contributed by atoms with Crippen LogP contribution in [0.15, 0.2) is 47.0 Å². The number of pyridine rings is 1. The van der Waals surface area contributed by atoms with Crippen LogP contribution in [-0.4, -0.2) is 21.5 Å². The van der Waals surface area contributed by atoms with Gasteiger partial charge in [-0.1, -0.05) is 19.9 Å². The van der Waals surface area contributed by atoms with Crippen LogP contribution in [0.25, 0.3) is 0 Å². The summed E-state index contributed by atoms with van der Waals surface area (Å²) < 4.78 is 0. The second-order valence-corrected chi connectivity index (χ2v) is 5.72. The van der Waals surface area contributed by atoms with Gasteiger partial charge in [0, 0.05) is 18.9 Å². The Balaban J connectivity index is 1.88. The molecule has 0 saturated heterocycles. The third-order valence-corrected chi connectivity index (χ3v) is 3.34. The highest BCUT2D eigenvalue weighted by molar-refractivity contribution is 7.99. The van der Waals surface area contributed by atoms with Crippen molar-refractivity contribution in [2.24, 2.45) is 5.92 Å². The van der Waals surface area contributed by atoms with Gasteiger partial charge in [0.15, 0.2) is 0 Å². The molecule has 0 aliphatic carbocycles. The number of hydrogen-bond donors (Lipinski definition) is 1. The molecule has 2 aromatic heterocycles. The Morgan fingerprint density at radius 1 is 1.16 bits per heavy atom. The molecule has 0 amide bonds. The molecule has 0 aliphatic rings. The molecule has 2 rings (SSSR count). The monoisotopic (exact) mass is 274 g/mol. The molecule has 5 heteroatoms. The lowest BCUT2D eigenvalue weighted by molar-refractivity contribution is 0.551. The predicted molar refractivity (Wildman–Crippen MR) is 76.9 cm³/mol. The minimum atomic E-state index is 0.667. The van der Waals surface area contributed by atoms with Gasteiger partial charge in [-0.3, -0.25) is 0 Å². The van der Waals surface area contributed by atoms with Crippen molar-refractivity contribution in [1.29, 1.82) is 0 Å². The second kappa shape index (κ2) is 7.21. The van der Waals surface area contributed by atoms with Gasteiger partial charge in [0.25, 0.3) is 0 Å². The fourth-order valence-electron chi connectivity index (χ4n) is 1.53. The van der Waals surface area contributed by atoms with E-state index in [0.29, 0.717) is 5.92 Å². The van der Waals surface area contributed by atoms with Crippen LogP contribution in [0.1, 0.15) is 19.4 Å². The van der Waals surface area contributed by atoms with Crippen LogP contribution in [0, 0.1) is 5.92 Å². The van der Waals surface area contributed by atoms with Crippen molar-refractivity contribution in [2.45, 2.75) is 30.4 Å². The zero-order chi connectivity index (χ0) is 13.5. The summed E-state index contributed by atoms with van der Waals surface area (Å²) in [6.45, 7) is 6.29. The van der Waals surface area contributed by atoms with Crippen molar-refractivity contribution in [1.82, 2.24) is 20.3 Å². The smallest absolute Gasteiger partial charge is 0.116 e. The summed E-state index contributed by atoms with van der Waals surface area (Å²) in [5.74, 6) is 0.667. The summed E-state index contributed by atoms with van der Waals surface area (Å²) in [6, 6.07) is 6.01. The fraction of sp³-hybridized carbons (Fsp3) is 0.357. The van der Waals surface area contributed by atoms with Crippen LogP contribution >= 0.6 is 11.8 Å². The maximum absolute atomic E-state index is 4.43. The molecule has 0 radical (unpaired) electrons. The molecule has 100 valence electrons. The van der Waals surface area contributed by atoms with E-state index in [9.17, 15) is 0 Å². The van der Waals surface area contributed by atoms with E-state index in [1.54, 1.807) is 24.3 Å². The van der Waals surface area contributed by atoms with Crippen molar-refractivity contribution in [3.63, 3.8) is 0 Å². The zero-order valence-corrected chi connectivity index (χ0v) is 12.0. The van der Waals surface area contributed by atoms with Gasteiger partial charge in [0.1, 0.15) is 16.4 Å². The average molecular weight is 274 g/mol. The van der Waals surface area contributed by atoms with E-state index in [2.05, 4.69) is 40.2 Å². The van der Waals surface area contributed by atoms with Gasteiger partial charge in [0.05, 0.1) is 0 Å². The summed E-state index contributed by atoms with van der Waals surface area (Å²) >= 11 is 1.54. The van der Waals surface area contributed by atoms with Crippen molar-refractivity contribution in [3.8, 4) is 0 Å². The topological polar surface area (TPSA) is 50.7 Å². The highest BCUT2D eigenvalue weighted by Gasteiger charge is 2.00. The van der Waals surface area contributed by atoms with Crippen LogP contribution in [0.2, 0.25) is 0 Å². The van der Waals surface area contributed by atoms with E-state index in [-0.39, 0.29) is 0 Å². The van der Waals surface area contributed by atoms with Crippen LogP contribution in [0.5, 0.6) is 0 Å². The lowest BCUT2D eigenvalue weighted by Crippen LogP contribution is -2.18. The lowest BCUT2D eigenvalue weighted by atomic mass is 10.2. The molecule has 0 aromatic carbocycles. The third-order valence-electron chi connectivity index (χ3n) is 2.44. The van der Waals surface area contributed by atoms with Gasteiger partial charge in [-0.2, -0.15) is 0 Å². The third kappa shape index (κ3) is 4.96. The Morgan fingerprint density at radius 3 is 2.63 bits per heavy atom. The lowest BCUT2D eigenvalue weighted by Gasteiger charge is -2.07. The number of nitrogens with one attached hydrogen (secondary N) is 1. The van der Waals surface area contributed by atoms with Gasteiger partial charge < -0.3 is 5.32 Å². The van der Waals surface area contributed by atoms with E-state index in [4.69, 9.17) is 0 Å². The first-order valence-electron chi connectivity index (χ1n) is 6.33. The molecule has 2 aromatic rings. The van der Waals surface area contributed by atoms with Crippen molar-refractivity contribution < 1.29 is 0 Å². The van der Waals surface area contributed by atoms with Gasteiger partial charge in [0.2, 0.25) is 0 Å². The summed E-state index contributed by atoms with van der Waals surface area (Å²) in [4.78, 5) is 12.5. The second-order valence-electron chi connectivity index (χ2n) is 4.68. The molecule has 0 atom stereocenters. The minimum absolute atomic E-state index is 0.667. The molecule has 0 saturated carbocycles. The van der Waals surface area contributed by atoms with Gasteiger partial charge in [-0.05, 0) is 41.9 Å². The molecule has 0 fully saturated rings. The fourth-order valence-corrected chi connectivity index (χ4v) is 2.21. The largest absolute Gasteiger partial charge is 0.312 e. The summed E-state index contributed by atoms with van der Waals surface area (Å²) in [5, 5.41) is 5.26. The number of hydrogen-bond acceptors (Lipinski definition) is 5. The maximum atomic E-state index is 4.43. The van der Waals surface area contributed by atoms with Crippen molar-refractivity contribution >= 4 is 11.8 Å². The normalized spacial score (nSPS) is 10.9. The Bertz CT molecular complexity index is 485. The quantitative estimate of drug-likeness (QED) is 0.821.